The molecule has 0 aromatic heterocycles. The number of likely N-dealkylation sites (tertiary alicyclic amines) is 1. The molecule has 3 nitrogen and oxygen atoms in total. The molecule has 1 rings (SSSR count). The van der Waals surface area contributed by atoms with Gasteiger partial charge in [-0.3, -0.25) is 4.90 Å². The summed E-state index contributed by atoms with van der Waals surface area (Å²) >= 11 is 0. The van der Waals surface area contributed by atoms with E-state index in [2.05, 4.69) is 4.90 Å². The lowest BCUT2D eigenvalue weighted by Crippen LogP contribution is -2.32. The van der Waals surface area contributed by atoms with E-state index < -0.39 is 0 Å². The molecule has 0 spiro atoms. The summed E-state index contributed by atoms with van der Waals surface area (Å²) in [6, 6.07) is 0. The normalized spacial score (nSPS) is 20.0. The Balaban J connectivity index is 2.00. The first-order valence-corrected chi connectivity index (χ1v) is 4.17. The van der Waals surface area contributed by atoms with Gasteiger partial charge in [-0.1, -0.05) is 6.42 Å². The molecule has 0 aromatic carbocycles. The first-order chi connectivity index (χ1) is 5.43. The lowest BCUT2D eigenvalue weighted by Gasteiger charge is -2.25. The second kappa shape index (κ2) is 5.27. The summed E-state index contributed by atoms with van der Waals surface area (Å²) in [5, 5.41) is 0. The number of carbonyl (C=O) groups excluding carboxylic acids is 1. The molecule has 0 N–H and O–H groups in total. The van der Waals surface area contributed by atoms with Crippen LogP contribution in [-0.2, 0) is 9.53 Å². The maximum absolute atomic E-state index is 9.90. The average Bonchev–Trinajstić information content (AvgIpc) is 2.07. The van der Waals surface area contributed by atoms with Crippen molar-refractivity contribution in [1.29, 1.82) is 0 Å². The van der Waals surface area contributed by atoms with Gasteiger partial charge in [-0.2, -0.15) is 0 Å². The van der Waals surface area contributed by atoms with Gasteiger partial charge in [0.05, 0.1) is 6.73 Å². The van der Waals surface area contributed by atoms with Crippen LogP contribution in [0.5, 0.6) is 0 Å². The largest absolute Gasteiger partial charge is 0.359 e. The molecule has 0 bridgehead atoms. The summed E-state index contributed by atoms with van der Waals surface area (Å²) in [6.07, 6.45) is 4.67. The average molecular weight is 157 g/mol. The number of ether oxygens (including phenoxy) is 1. The molecule has 1 aliphatic heterocycles. The molecule has 11 heavy (non-hydrogen) atoms. The zero-order valence-electron chi connectivity index (χ0n) is 6.79. The van der Waals surface area contributed by atoms with Crippen molar-refractivity contribution < 1.29 is 9.53 Å². The maximum Gasteiger partial charge on any atom is 0.145 e. The van der Waals surface area contributed by atoms with Gasteiger partial charge >= 0.3 is 0 Å². The summed E-state index contributed by atoms with van der Waals surface area (Å²) in [5.41, 5.74) is 0. The Bertz CT molecular complexity index is 111. The van der Waals surface area contributed by atoms with Crippen LogP contribution in [0.3, 0.4) is 0 Å². The van der Waals surface area contributed by atoms with Crippen molar-refractivity contribution in [3.05, 3.63) is 0 Å². The van der Waals surface area contributed by atoms with E-state index in [0.29, 0.717) is 6.73 Å². The van der Waals surface area contributed by atoms with Crippen molar-refractivity contribution in [2.45, 2.75) is 19.3 Å². The van der Waals surface area contributed by atoms with E-state index in [9.17, 15) is 4.79 Å². The lowest BCUT2D eigenvalue weighted by atomic mass is 10.1. The van der Waals surface area contributed by atoms with Crippen LogP contribution in [0.4, 0.5) is 0 Å². The molecule has 64 valence electrons. The number of carbonyl (C=O) groups is 1. The third-order valence-electron chi connectivity index (χ3n) is 1.91. The van der Waals surface area contributed by atoms with Crippen LogP contribution in [-0.4, -0.2) is 37.6 Å². The number of hydrogen-bond donors (Lipinski definition) is 0. The van der Waals surface area contributed by atoms with Crippen LogP contribution >= 0.6 is 0 Å². The van der Waals surface area contributed by atoms with Crippen LogP contribution in [0.15, 0.2) is 0 Å². The van der Waals surface area contributed by atoms with E-state index in [-0.39, 0.29) is 6.61 Å². The van der Waals surface area contributed by atoms with Crippen LogP contribution < -0.4 is 0 Å². The molecule has 0 aliphatic carbocycles. The van der Waals surface area contributed by atoms with E-state index in [1.807, 2.05) is 0 Å². The Morgan fingerprint density at radius 3 is 2.64 bits per heavy atom. The van der Waals surface area contributed by atoms with E-state index in [4.69, 9.17) is 4.74 Å². The van der Waals surface area contributed by atoms with E-state index in [1.165, 1.54) is 19.3 Å². The van der Waals surface area contributed by atoms with Crippen LogP contribution in [0.1, 0.15) is 19.3 Å². The molecule has 0 amide bonds. The van der Waals surface area contributed by atoms with Crippen molar-refractivity contribution in [3.8, 4) is 0 Å². The van der Waals surface area contributed by atoms with Gasteiger partial charge in [0, 0.05) is 13.1 Å². The van der Waals surface area contributed by atoms with Gasteiger partial charge in [0.25, 0.3) is 0 Å². The quantitative estimate of drug-likeness (QED) is 0.443. The third kappa shape index (κ3) is 3.49. The molecule has 0 aromatic rings. The minimum absolute atomic E-state index is 0.233. The topological polar surface area (TPSA) is 29.5 Å². The summed E-state index contributed by atoms with van der Waals surface area (Å²) in [4.78, 5) is 12.1. The van der Waals surface area contributed by atoms with Gasteiger partial charge in [0.2, 0.25) is 0 Å². The van der Waals surface area contributed by atoms with Gasteiger partial charge in [-0.25, -0.2) is 0 Å². The van der Waals surface area contributed by atoms with Crippen molar-refractivity contribution >= 4 is 6.29 Å². The lowest BCUT2D eigenvalue weighted by molar-refractivity contribution is -0.113. The van der Waals surface area contributed by atoms with Gasteiger partial charge in [-0.05, 0) is 12.8 Å². The molecule has 0 unspecified atom stereocenters. The van der Waals surface area contributed by atoms with E-state index in [1.54, 1.807) is 0 Å². The fourth-order valence-corrected chi connectivity index (χ4v) is 1.32. The van der Waals surface area contributed by atoms with Crippen LogP contribution in [0, 0.1) is 0 Å². The second-order valence-corrected chi connectivity index (χ2v) is 2.85. The summed E-state index contributed by atoms with van der Waals surface area (Å²) in [7, 11) is 0. The Kier molecular flexibility index (Phi) is 4.16. The van der Waals surface area contributed by atoms with Crippen LogP contribution in [0.25, 0.3) is 0 Å². The second-order valence-electron chi connectivity index (χ2n) is 2.85. The molecular formula is C8H15NO2. The highest BCUT2D eigenvalue weighted by Gasteiger charge is 2.08. The molecule has 0 saturated carbocycles. The van der Waals surface area contributed by atoms with Gasteiger partial charge in [0.15, 0.2) is 0 Å². The summed E-state index contributed by atoms with van der Waals surface area (Å²) in [6.45, 7) is 3.10. The first-order valence-electron chi connectivity index (χ1n) is 4.17. The Morgan fingerprint density at radius 1 is 1.27 bits per heavy atom. The molecular weight excluding hydrogens is 142 g/mol. The highest BCUT2D eigenvalue weighted by molar-refractivity contribution is 5.50. The zero-order valence-corrected chi connectivity index (χ0v) is 6.79. The smallest absolute Gasteiger partial charge is 0.145 e. The number of nitrogens with zero attached hydrogens (tertiary/aromatic N) is 1. The number of rotatable bonds is 4. The predicted molar refractivity (Wildman–Crippen MR) is 42.3 cm³/mol. The SMILES string of the molecule is O=CCOCN1CCCCC1. The highest BCUT2D eigenvalue weighted by atomic mass is 16.5. The monoisotopic (exact) mass is 157 g/mol. The van der Waals surface area contributed by atoms with Crippen molar-refractivity contribution in [1.82, 2.24) is 4.90 Å². The fraction of sp³-hybridized carbons (Fsp3) is 0.875. The molecule has 0 radical (unpaired) electrons. The zero-order chi connectivity index (χ0) is 7.94. The van der Waals surface area contributed by atoms with E-state index in [0.717, 1.165) is 19.4 Å². The Labute approximate surface area is 67.3 Å². The molecule has 3 heteroatoms. The number of hydrogen-bond acceptors (Lipinski definition) is 3. The summed E-state index contributed by atoms with van der Waals surface area (Å²) < 4.78 is 5.08. The number of piperidine rings is 1. The van der Waals surface area contributed by atoms with E-state index >= 15 is 0 Å². The molecule has 1 heterocycles. The molecule has 1 saturated heterocycles. The van der Waals surface area contributed by atoms with Crippen molar-refractivity contribution in [2.24, 2.45) is 0 Å². The molecule has 1 fully saturated rings. The number of aldehydes is 1. The molecule has 1 aliphatic rings. The van der Waals surface area contributed by atoms with Crippen molar-refractivity contribution in [2.75, 3.05) is 26.4 Å². The highest BCUT2D eigenvalue weighted by Crippen LogP contribution is 2.07. The Morgan fingerprint density at radius 2 is 2.00 bits per heavy atom. The predicted octanol–water partition coefficient (Wildman–Crippen LogP) is 0.645. The minimum Gasteiger partial charge on any atom is -0.359 e. The third-order valence-corrected chi connectivity index (χ3v) is 1.91. The maximum atomic E-state index is 9.90. The van der Waals surface area contributed by atoms with Gasteiger partial charge in [-0.15, -0.1) is 0 Å². The Hall–Kier alpha value is -0.410. The van der Waals surface area contributed by atoms with Crippen LogP contribution in [0.2, 0.25) is 0 Å². The van der Waals surface area contributed by atoms with Gasteiger partial charge < -0.3 is 9.53 Å². The standard InChI is InChI=1S/C8H15NO2/c10-6-7-11-8-9-4-2-1-3-5-9/h6H,1-5,7-8H2. The summed E-state index contributed by atoms with van der Waals surface area (Å²) in [5.74, 6) is 0. The first kappa shape index (κ1) is 8.68. The van der Waals surface area contributed by atoms with Gasteiger partial charge in [0.1, 0.15) is 12.9 Å². The fourth-order valence-electron chi connectivity index (χ4n) is 1.32. The minimum atomic E-state index is 0.233. The molecule has 0 atom stereocenters. The van der Waals surface area contributed by atoms with Crippen molar-refractivity contribution in [3.63, 3.8) is 0 Å².